The van der Waals surface area contributed by atoms with E-state index in [2.05, 4.69) is 5.32 Å². The van der Waals surface area contributed by atoms with Gasteiger partial charge < -0.3 is 14.8 Å². The van der Waals surface area contributed by atoms with E-state index >= 15 is 0 Å². The second kappa shape index (κ2) is 7.72. The smallest absolute Gasteiger partial charge is 0.128 e. The molecule has 3 nitrogen and oxygen atoms in total. The van der Waals surface area contributed by atoms with E-state index in [1.165, 1.54) is 6.07 Å². The van der Waals surface area contributed by atoms with Gasteiger partial charge in [-0.1, -0.05) is 18.2 Å². The first-order valence-electron chi connectivity index (χ1n) is 7.30. The Hall–Kier alpha value is -0.970. The molecule has 0 spiro atoms. The minimum atomic E-state index is -0.186. The molecule has 0 heterocycles. The molecule has 0 aliphatic heterocycles. The summed E-state index contributed by atoms with van der Waals surface area (Å²) < 4.78 is 25.2. The maximum Gasteiger partial charge on any atom is 0.128 e. The summed E-state index contributed by atoms with van der Waals surface area (Å²) in [4.78, 5) is 0. The average Bonchev–Trinajstić information content (AvgIpc) is 2.49. The third-order valence-corrected chi connectivity index (χ3v) is 4.04. The highest BCUT2D eigenvalue weighted by Gasteiger charge is 2.23. The molecule has 1 aromatic rings. The molecule has 4 heteroatoms. The number of rotatable bonds is 6. The zero-order chi connectivity index (χ0) is 14.4. The Bertz CT molecular complexity index is 413. The van der Waals surface area contributed by atoms with E-state index in [-0.39, 0.29) is 18.0 Å². The molecular formula is C16H24FNO2. The van der Waals surface area contributed by atoms with Crippen molar-refractivity contribution in [2.24, 2.45) is 0 Å². The molecule has 1 saturated carbocycles. The van der Waals surface area contributed by atoms with E-state index in [0.29, 0.717) is 18.3 Å². The van der Waals surface area contributed by atoms with Gasteiger partial charge in [0.15, 0.2) is 0 Å². The van der Waals surface area contributed by atoms with Crippen LogP contribution in [0.25, 0.3) is 0 Å². The molecule has 0 bridgehead atoms. The summed E-state index contributed by atoms with van der Waals surface area (Å²) in [6.07, 6.45) is 4.76. The molecule has 1 aliphatic rings. The molecule has 0 amide bonds. The van der Waals surface area contributed by atoms with Gasteiger partial charge in [-0.15, -0.1) is 0 Å². The lowest BCUT2D eigenvalue weighted by Gasteiger charge is -2.29. The van der Waals surface area contributed by atoms with Crippen molar-refractivity contribution in [3.63, 3.8) is 0 Å². The summed E-state index contributed by atoms with van der Waals surface area (Å²) in [6.45, 7) is 0.485. The summed E-state index contributed by atoms with van der Waals surface area (Å²) in [5, 5.41) is 3.13. The Morgan fingerprint density at radius 3 is 2.75 bits per heavy atom. The summed E-state index contributed by atoms with van der Waals surface area (Å²) in [5.41, 5.74) is 0.661. The van der Waals surface area contributed by atoms with Crippen molar-refractivity contribution < 1.29 is 13.9 Å². The maximum absolute atomic E-state index is 13.8. The van der Waals surface area contributed by atoms with Crippen molar-refractivity contribution in [3.05, 3.63) is 35.6 Å². The number of benzene rings is 1. The van der Waals surface area contributed by atoms with Gasteiger partial charge in [0, 0.05) is 12.7 Å². The summed E-state index contributed by atoms with van der Waals surface area (Å²) in [7, 11) is 3.59. The number of likely N-dealkylation sites (N-methyl/N-ethyl adjacent to an activating group) is 1. The third kappa shape index (κ3) is 4.01. The van der Waals surface area contributed by atoms with Gasteiger partial charge in [-0.2, -0.15) is 0 Å². The van der Waals surface area contributed by atoms with Crippen molar-refractivity contribution in [1.29, 1.82) is 0 Å². The number of hydrogen-bond acceptors (Lipinski definition) is 3. The van der Waals surface area contributed by atoms with Crippen LogP contribution in [0.5, 0.6) is 0 Å². The zero-order valence-electron chi connectivity index (χ0n) is 12.3. The Morgan fingerprint density at radius 2 is 2.05 bits per heavy atom. The Kier molecular flexibility index (Phi) is 5.95. The molecular weight excluding hydrogens is 257 g/mol. The summed E-state index contributed by atoms with van der Waals surface area (Å²) >= 11 is 0. The Morgan fingerprint density at radius 1 is 1.30 bits per heavy atom. The van der Waals surface area contributed by atoms with Crippen LogP contribution in [0.15, 0.2) is 24.3 Å². The molecule has 112 valence electrons. The molecule has 1 fully saturated rings. The monoisotopic (exact) mass is 281 g/mol. The van der Waals surface area contributed by atoms with E-state index < -0.39 is 0 Å². The highest BCUT2D eigenvalue weighted by atomic mass is 19.1. The van der Waals surface area contributed by atoms with Gasteiger partial charge in [-0.25, -0.2) is 4.39 Å². The first-order valence-corrected chi connectivity index (χ1v) is 7.30. The van der Waals surface area contributed by atoms with E-state index in [1.807, 2.05) is 13.1 Å². The fourth-order valence-electron chi connectivity index (χ4n) is 2.79. The molecule has 3 unspecified atom stereocenters. The molecule has 0 saturated heterocycles. The molecule has 3 atom stereocenters. The quantitative estimate of drug-likeness (QED) is 0.869. The third-order valence-electron chi connectivity index (χ3n) is 4.04. The minimum absolute atomic E-state index is 0.112. The molecule has 0 radical (unpaired) electrons. The molecule has 1 N–H and O–H groups in total. The normalized spacial score (nSPS) is 24.6. The van der Waals surface area contributed by atoms with E-state index in [4.69, 9.17) is 9.47 Å². The van der Waals surface area contributed by atoms with E-state index in [0.717, 1.165) is 25.7 Å². The van der Waals surface area contributed by atoms with Gasteiger partial charge in [0.25, 0.3) is 0 Å². The first kappa shape index (κ1) is 15.4. The molecule has 2 rings (SSSR count). The maximum atomic E-state index is 13.8. The van der Waals surface area contributed by atoms with Crippen LogP contribution in [0, 0.1) is 5.82 Å². The van der Waals surface area contributed by atoms with Crippen molar-refractivity contribution in [1.82, 2.24) is 5.32 Å². The van der Waals surface area contributed by atoms with Gasteiger partial charge in [0.2, 0.25) is 0 Å². The fourth-order valence-corrected chi connectivity index (χ4v) is 2.79. The SMILES string of the molecule is CNC(COC1CCCC(OC)C1)c1ccccc1F. The van der Waals surface area contributed by atoms with Crippen LogP contribution in [0.1, 0.15) is 37.3 Å². The minimum Gasteiger partial charge on any atom is -0.381 e. The Balaban J connectivity index is 1.89. The topological polar surface area (TPSA) is 30.5 Å². The van der Waals surface area contributed by atoms with Crippen LogP contribution in [-0.4, -0.2) is 33.0 Å². The van der Waals surface area contributed by atoms with Crippen molar-refractivity contribution in [3.8, 4) is 0 Å². The molecule has 20 heavy (non-hydrogen) atoms. The zero-order valence-corrected chi connectivity index (χ0v) is 12.3. The van der Waals surface area contributed by atoms with Gasteiger partial charge in [-0.3, -0.25) is 0 Å². The fraction of sp³-hybridized carbons (Fsp3) is 0.625. The lowest BCUT2D eigenvalue weighted by molar-refractivity contribution is -0.0354. The average molecular weight is 281 g/mol. The summed E-state index contributed by atoms with van der Waals surface area (Å²) in [6, 6.07) is 6.74. The van der Waals surface area contributed by atoms with Gasteiger partial charge >= 0.3 is 0 Å². The van der Waals surface area contributed by atoms with Gasteiger partial charge in [0.1, 0.15) is 5.82 Å². The first-order chi connectivity index (χ1) is 9.74. The van der Waals surface area contributed by atoms with Crippen LogP contribution in [-0.2, 0) is 9.47 Å². The van der Waals surface area contributed by atoms with E-state index in [9.17, 15) is 4.39 Å². The number of ether oxygens (including phenoxy) is 2. The standard InChI is InChI=1S/C16H24FNO2/c1-18-16(14-8-3-4-9-15(14)17)11-20-13-7-5-6-12(10-13)19-2/h3-4,8-9,12-13,16,18H,5-7,10-11H2,1-2H3. The number of methoxy groups -OCH3 is 1. The lowest BCUT2D eigenvalue weighted by Crippen LogP contribution is -2.31. The van der Waals surface area contributed by atoms with Crippen LogP contribution in [0.4, 0.5) is 4.39 Å². The number of hydrogen-bond donors (Lipinski definition) is 1. The van der Waals surface area contributed by atoms with Crippen LogP contribution < -0.4 is 5.32 Å². The van der Waals surface area contributed by atoms with Crippen molar-refractivity contribution in [2.45, 2.75) is 43.9 Å². The van der Waals surface area contributed by atoms with Crippen molar-refractivity contribution in [2.75, 3.05) is 20.8 Å². The van der Waals surface area contributed by atoms with Gasteiger partial charge in [0.05, 0.1) is 24.9 Å². The van der Waals surface area contributed by atoms with Crippen LogP contribution >= 0.6 is 0 Å². The van der Waals surface area contributed by atoms with E-state index in [1.54, 1.807) is 19.2 Å². The summed E-state index contributed by atoms with van der Waals surface area (Å²) in [5.74, 6) is -0.186. The number of nitrogens with one attached hydrogen (secondary N) is 1. The Labute approximate surface area is 120 Å². The highest BCUT2D eigenvalue weighted by molar-refractivity contribution is 5.21. The predicted octanol–water partition coefficient (Wildman–Crippen LogP) is 3.06. The molecule has 0 aromatic heterocycles. The van der Waals surface area contributed by atoms with Crippen LogP contribution in [0.2, 0.25) is 0 Å². The predicted molar refractivity (Wildman–Crippen MR) is 77.2 cm³/mol. The second-order valence-electron chi connectivity index (χ2n) is 5.34. The van der Waals surface area contributed by atoms with Crippen molar-refractivity contribution >= 4 is 0 Å². The van der Waals surface area contributed by atoms with Gasteiger partial charge in [-0.05, 0) is 38.8 Å². The number of halogens is 1. The lowest BCUT2D eigenvalue weighted by atomic mass is 9.95. The second-order valence-corrected chi connectivity index (χ2v) is 5.34. The largest absolute Gasteiger partial charge is 0.381 e. The van der Waals surface area contributed by atoms with Crippen LogP contribution in [0.3, 0.4) is 0 Å². The highest BCUT2D eigenvalue weighted by Crippen LogP contribution is 2.25. The molecule has 1 aromatic carbocycles. The molecule has 1 aliphatic carbocycles.